The minimum atomic E-state index is -3.07. The van der Waals surface area contributed by atoms with E-state index in [0.717, 1.165) is 13.2 Å². The number of halogens is 2. The highest BCUT2D eigenvalue weighted by Gasteiger charge is 2.22. The van der Waals surface area contributed by atoms with E-state index in [2.05, 4.69) is 9.72 Å². The summed E-state index contributed by atoms with van der Waals surface area (Å²) < 4.78 is 29.2. The lowest BCUT2D eigenvalue weighted by Gasteiger charge is -2.08. The van der Waals surface area contributed by atoms with E-state index >= 15 is 0 Å². The molecule has 1 aromatic heterocycles. The Morgan fingerprint density at radius 3 is 2.60 bits per heavy atom. The van der Waals surface area contributed by atoms with Crippen LogP contribution in [0.3, 0.4) is 0 Å². The molecule has 0 aromatic carbocycles. The van der Waals surface area contributed by atoms with Crippen molar-refractivity contribution in [1.29, 1.82) is 0 Å². The predicted octanol–water partition coefficient (Wildman–Crippen LogP) is 1.43. The number of pyridine rings is 1. The molecule has 0 saturated carbocycles. The first-order valence-corrected chi connectivity index (χ1v) is 3.76. The Hall–Kier alpha value is -1.92. The second-order valence-electron chi connectivity index (χ2n) is 2.55. The number of carboxylic acids is 1. The first kappa shape index (κ1) is 11.2. The van der Waals surface area contributed by atoms with Crippen molar-refractivity contribution in [1.82, 2.24) is 4.98 Å². The number of hydrogen-bond donors (Lipinski definition) is 2. The van der Waals surface area contributed by atoms with E-state index in [-0.39, 0.29) is 5.75 Å². The van der Waals surface area contributed by atoms with Gasteiger partial charge in [-0.15, -0.1) is 0 Å². The number of carboxylic acid groups (broad SMARTS) is 1. The van der Waals surface area contributed by atoms with Crippen molar-refractivity contribution in [2.24, 2.45) is 0 Å². The Balaban J connectivity index is 3.38. The number of carbonyl (C=O) groups is 1. The number of hydrogen-bond acceptors (Lipinski definition) is 4. The number of alkyl halides is 2. The average molecular weight is 219 g/mol. The summed E-state index contributed by atoms with van der Waals surface area (Å²) in [7, 11) is 1.12. The van der Waals surface area contributed by atoms with E-state index in [1.807, 2.05) is 0 Å². The van der Waals surface area contributed by atoms with Crippen molar-refractivity contribution in [3.8, 4) is 11.5 Å². The third kappa shape index (κ3) is 2.12. The van der Waals surface area contributed by atoms with Gasteiger partial charge >= 0.3 is 5.97 Å². The van der Waals surface area contributed by atoms with E-state index in [4.69, 9.17) is 5.11 Å². The van der Waals surface area contributed by atoms with Gasteiger partial charge in [-0.25, -0.2) is 18.6 Å². The molecule has 0 saturated heterocycles. The Morgan fingerprint density at radius 2 is 2.20 bits per heavy atom. The maximum atomic E-state index is 12.3. The molecule has 0 atom stereocenters. The van der Waals surface area contributed by atoms with E-state index < -0.39 is 29.5 Å². The highest BCUT2D eigenvalue weighted by atomic mass is 19.3. The Morgan fingerprint density at radius 1 is 1.60 bits per heavy atom. The lowest BCUT2D eigenvalue weighted by molar-refractivity contribution is 0.0688. The van der Waals surface area contributed by atoms with Crippen LogP contribution in [0.25, 0.3) is 0 Å². The zero-order chi connectivity index (χ0) is 11.6. The number of rotatable bonds is 3. The molecule has 0 amide bonds. The van der Waals surface area contributed by atoms with Crippen LogP contribution in [0, 0.1) is 0 Å². The van der Waals surface area contributed by atoms with Gasteiger partial charge in [0.2, 0.25) is 0 Å². The molecule has 0 aliphatic carbocycles. The van der Waals surface area contributed by atoms with Crippen LogP contribution < -0.4 is 4.74 Å². The van der Waals surface area contributed by atoms with Crippen LogP contribution in [0.15, 0.2) is 6.07 Å². The van der Waals surface area contributed by atoms with Gasteiger partial charge in [-0.05, 0) is 0 Å². The predicted molar refractivity (Wildman–Crippen MR) is 44.4 cm³/mol. The first-order chi connectivity index (χ1) is 6.97. The SMILES string of the molecule is COc1cc(C(=O)O)nc(C(F)F)c1O. The first-order valence-electron chi connectivity index (χ1n) is 3.76. The molecule has 0 radical (unpaired) electrons. The maximum absolute atomic E-state index is 12.3. The Kier molecular flexibility index (Phi) is 3.03. The maximum Gasteiger partial charge on any atom is 0.354 e. The fourth-order valence-electron chi connectivity index (χ4n) is 0.951. The molecular formula is C8H7F2NO4. The summed E-state index contributed by atoms with van der Waals surface area (Å²) in [6, 6.07) is 0.865. The van der Waals surface area contributed by atoms with Gasteiger partial charge in [-0.1, -0.05) is 0 Å². The van der Waals surface area contributed by atoms with Crippen molar-refractivity contribution in [3.05, 3.63) is 17.5 Å². The van der Waals surface area contributed by atoms with Crippen molar-refractivity contribution >= 4 is 5.97 Å². The van der Waals surface area contributed by atoms with Crippen LogP contribution in [0.2, 0.25) is 0 Å². The molecule has 0 bridgehead atoms. The standard InChI is InChI=1S/C8H7F2NO4/c1-15-4-2-3(8(13)14)11-5(6(4)12)7(9)10/h2,7,12H,1H3,(H,13,14). The molecule has 0 fully saturated rings. The molecule has 0 aliphatic rings. The van der Waals surface area contributed by atoms with Crippen molar-refractivity contribution < 1.29 is 28.5 Å². The van der Waals surface area contributed by atoms with Gasteiger partial charge in [-0.3, -0.25) is 0 Å². The normalized spacial score (nSPS) is 10.4. The van der Waals surface area contributed by atoms with Gasteiger partial charge in [0, 0.05) is 6.07 Å². The topological polar surface area (TPSA) is 79.7 Å². The van der Waals surface area contributed by atoms with Gasteiger partial charge in [0.1, 0.15) is 0 Å². The number of nitrogens with zero attached hydrogens (tertiary/aromatic N) is 1. The minimum Gasteiger partial charge on any atom is -0.503 e. The van der Waals surface area contributed by atoms with Crippen LogP contribution in [0.5, 0.6) is 11.5 Å². The van der Waals surface area contributed by atoms with E-state index in [0.29, 0.717) is 0 Å². The largest absolute Gasteiger partial charge is 0.503 e. The van der Waals surface area contributed by atoms with Gasteiger partial charge < -0.3 is 14.9 Å². The lowest BCUT2D eigenvalue weighted by Crippen LogP contribution is -2.05. The number of aromatic hydroxyl groups is 1. The van der Waals surface area contributed by atoms with Crippen LogP contribution in [0.4, 0.5) is 8.78 Å². The summed E-state index contributed by atoms with van der Waals surface area (Å²) in [5, 5.41) is 17.8. The number of ether oxygens (including phenoxy) is 1. The smallest absolute Gasteiger partial charge is 0.354 e. The molecule has 7 heteroatoms. The van der Waals surface area contributed by atoms with Crippen molar-refractivity contribution in [2.45, 2.75) is 6.43 Å². The second-order valence-corrected chi connectivity index (χ2v) is 2.55. The molecule has 2 N–H and O–H groups in total. The molecule has 15 heavy (non-hydrogen) atoms. The fourth-order valence-corrected chi connectivity index (χ4v) is 0.951. The molecule has 1 rings (SSSR count). The third-order valence-corrected chi connectivity index (χ3v) is 1.63. The number of aromatic carboxylic acids is 1. The van der Waals surface area contributed by atoms with Crippen LogP contribution in [-0.4, -0.2) is 28.3 Å². The van der Waals surface area contributed by atoms with Crippen LogP contribution in [0.1, 0.15) is 22.6 Å². The second kappa shape index (κ2) is 4.07. The lowest BCUT2D eigenvalue weighted by atomic mass is 10.2. The zero-order valence-corrected chi connectivity index (χ0v) is 7.57. The van der Waals surface area contributed by atoms with Crippen LogP contribution in [-0.2, 0) is 0 Å². The minimum absolute atomic E-state index is 0.349. The monoisotopic (exact) mass is 219 g/mol. The molecule has 0 spiro atoms. The molecular weight excluding hydrogens is 212 g/mol. The molecule has 0 unspecified atom stereocenters. The van der Waals surface area contributed by atoms with Gasteiger partial charge in [0.15, 0.2) is 22.9 Å². The molecule has 5 nitrogen and oxygen atoms in total. The van der Waals surface area contributed by atoms with E-state index in [9.17, 15) is 18.7 Å². The molecule has 82 valence electrons. The van der Waals surface area contributed by atoms with E-state index in [1.54, 1.807) is 0 Å². The summed E-state index contributed by atoms with van der Waals surface area (Å²) in [6.07, 6.45) is -3.07. The number of methoxy groups -OCH3 is 1. The summed E-state index contributed by atoms with van der Waals surface area (Å²) in [6.45, 7) is 0. The zero-order valence-electron chi connectivity index (χ0n) is 7.57. The van der Waals surface area contributed by atoms with Crippen molar-refractivity contribution in [3.63, 3.8) is 0 Å². The summed E-state index contributed by atoms with van der Waals surface area (Å²) in [4.78, 5) is 13.6. The molecule has 0 aliphatic heterocycles. The highest BCUT2D eigenvalue weighted by molar-refractivity contribution is 5.86. The van der Waals surface area contributed by atoms with Gasteiger partial charge in [0.25, 0.3) is 6.43 Å². The average Bonchev–Trinajstić information content (AvgIpc) is 2.17. The fraction of sp³-hybridized carbons (Fsp3) is 0.250. The molecule has 1 aromatic rings. The quantitative estimate of drug-likeness (QED) is 0.803. The Labute approximate surface area is 82.9 Å². The summed E-state index contributed by atoms with van der Waals surface area (Å²) in [5.74, 6) is -2.68. The van der Waals surface area contributed by atoms with Gasteiger partial charge in [0.05, 0.1) is 7.11 Å². The van der Waals surface area contributed by atoms with Crippen molar-refractivity contribution in [2.75, 3.05) is 7.11 Å². The summed E-state index contributed by atoms with van der Waals surface area (Å²) in [5.41, 5.74) is -1.62. The summed E-state index contributed by atoms with van der Waals surface area (Å²) >= 11 is 0. The third-order valence-electron chi connectivity index (χ3n) is 1.63. The van der Waals surface area contributed by atoms with Crippen LogP contribution >= 0.6 is 0 Å². The Bertz CT molecular complexity index is 394. The van der Waals surface area contributed by atoms with Gasteiger partial charge in [-0.2, -0.15) is 0 Å². The molecule has 1 heterocycles. The number of aromatic nitrogens is 1. The highest BCUT2D eigenvalue weighted by Crippen LogP contribution is 2.34. The van der Waals surface area contributed by atoms with E-state index in [1.165, 1.54) is 0 Å².